The minimum atomic E-state index is 0.792. The Morgan fingerprint density at radius 1 is 1.58 bits per heavy atom. The summed E-state index contributed by atoms with van der Waals surface area (Å²) in [6.07, 6.45) is 5.44. The van der Waals surface area contributed by atoms with Gasteiger partial charge in [0, 0.05) is 17.4 Å². The molecule has 1 aliphatic heterocycles. The van der Waals surface area contributed by atoms with Crippen molar-refractivity contribution in [2.45, 2.75) is 51.6 Å². The largest absolute Gasteiger partial charge is 0.297 e. The van der Waals surface area contributed by atoms with Crippen molar-refractivity contribution < 1.29 is 0 Å². The molecule has 1 saturated heterocycles. The third-order valence-corrected chi connectivity index (χ3v) is 3.62. The first-order valence-corrected chi connectivity index (χ1v) is 6.23. The van der Waals surface area contributed by atoms with Gasteiger partial charge < -0.3 is 0 Å². The van der Waals surface area contributed by atoms with Crippen LogP contribution in [0.2, 0.25) is 0 Å². The lowest BCUT2D eigenvalue weighted by Crippen LogP contribution is -2.38. The van der Waals surface area contributed by atoms with Gasteiger partial charge in [-0.3, -0.25) is 4.90 Å². The van der Waals surface area contributed by atoms with E-state index in [0.717, 1.165) is 17.4 Å². The van der Waals surface area contributed by atoms with Crippen molar-refractivity contribution in [3.63, 3.8) is 0 Å². The van der Waals surface area contributed by atoms with Crippen LogP contribution in [-0.2, 0) is 0 Å². The number of hydrogen-bond donors (Lipinski definition) is 0. The maximum atomic E-state index is 3.59. The molecule has 1 aliphatic rings. The highest BCUT2D eigenvalue weighted by molar-refractivity contribution is 9.09. The van der Waals surface area contributed by atoms with Crippen LogP contribution in [0.3, 0.4) is 0 Å². The number of likely N-dealkylation sites (tertiary alicyclic amines) is 1. The average molecular weight is 234 g/mol. The van der Waals surface area contributed by atoms with Crippen molar-refractivity contribution >= 4 is 15.9 Å². The van der Waals surface area contributed by atoms with E-state index < -0.39 is 0 Å². The first-order valence-electron chi connectivity index (χ1n) is 5.11. The second kappa shape index (κ2) is 5.23. The van der Waals surface area contributed by atoms with Crippen LogP contribution in [0.5, 0.6) is 0 Å². The summed E-state index contributed by atoms with van der Waals surface area (Å²) in [6, 6.07) is 1.60. The number of alkyl halides is 1. The number of hydrogen-bond acceptors (Lipinski definition) is 1. The van der Waals surface area contributed by atoms with Crippen LogP contribution in [0.4, 0.5) is 0 Å². The van der Waals surface area contributed by atoms with E-state index in [1.807, 2.05) is 0 Å². The second-order valence-corrected chi connectivity index (χ2v) is 4.47. The summed E-state index contributed by atoms with van der Waals surface area (Å²) < 4.78 is 0. The zero-order chi connectivity index (χ0) is 8.97. The van der Waals surface area contributed by atoms with E-state index in [0.29, 0.717) is 0 Å². The molecule has 0 amide bonds. The maximum absolute atomic E-state index is 3.59. The van der Waals surface area contributed by atoms with Crippen molar-refractivity contribution in [1.82, 2.24) is 4.90 Å². The van der Waals surface area contributed by atoms with Gasteiger partial charge in [0.2, 0.25) is 0 Å². The van der Waals surface area contributed by atoms with Gasteiger partial charge >= 0.3 is 0 Å². The average Bonchev–Trinajstić information content (AvgIpc) is 2.51. The molecule has 2 atom stereocenters. The van der Waals surface area contributed by atoms with Crippen LogP contribution in [0.25, 0.3) is 0 Å². The predicted octanol–water partition coefficient (Wildman–Crippen LogP) is 3.03. The molecular weight excluding hydrogens is 214 g/mol. The summed E-state index contributed by atoms with van der Waals surface area (Å²) in [5.41, 5.74) is 0. The van der Waals surface area contributed by atoms with Crippen LogP contribution in [0.1, 0.15) is 39.5 Å². The Kier molecular flexibility index (Phi) is 4.59. The molecule has 0 N–H and O–H groups in total. The van der Waals surface area contributed by atoms with Crippen molar-refractivity contribution in [2.75, 3.05) is 11.9 Å². The van der Waals surface area contributed by atoms with Crippen LogP contribution in [0, 0.1) is 0 Å². The molecule has 0 aliphatic carbocycles. The van der Waals surface area contributed by atoms with Crippen LogP contribution < -0.4 is 0 Å². The lowest BCUT2D eigenvalue weighted by atomic mass is 10.1. The molecular formula is C10H20BrN. The van der Waals surface area contributed by atoms with Gasteiger partial charge in [0.05, 0.1) is 0 Å². The van der Waals surface area contributed by atoms with Crippen molar-refractivity contribution in [3.8, 4) is 0 Å². The topological polar surface area (TPSA) is 3.24 Å². The van der Waals surface area contributed by atoms with Gasteiger partial charge in [-0.25, -0.2) is 0 Å². The van der Waals surface area contributed by atoms with E-state index in [4.69, 9.17) is 0 Å². The lowest BCUT2D eigenvalue weighted by molar-refractivity contribution is 0.196. The minimum absolute atomic E-state index is 0.792. The Bertz CT molecular complexity index is 127. The summed E-state index contributed by atoms with van der Waals surface area (Å²) >= 11 is 3.59. The van der Waals surface area contributed by atoms with Gasteiger partial charge in [-0.2, -0.15) is 0 Å². The summed E-state index contributed by atoms with van der Waals surface area (Å²) in [4.78, 5) is 2.66. The van der Waals surface area contributed by atoms with E-state index in [9.17, 15) is 0 Å². The van der Waals surface area contributed by atoms with Gasteiger partial charge in [0.1, 0.15) is 0 Å². The van der Waals surface area contributed by atoms with E-state index in [1.165, 1.54) is 32.2 Å². The molecule has 0 bridgehead atoms. The smallest absolute Gasteiger partial charge is 0.0196 e. The number of rotatable bonds is 4. The fourth-order valence-electron chi connectivity index (χ4n) is 2.19. The molecule has 0 radical (unpaired) electrons. The minimum Gasteiger partial charge on any atom is -0.297 e. The Hall–Kier alpha value is 0.440. The van der Waals surface area contributed by atoms with Gasteiger partial charge in [-0.05, 0) is 32.7 Å². The molecule has 1 heterocycles. The van der Waals surface area contributed by atoms with Crippen molar-refractivity contribution in [3.05, 3.63) is 0 Å². The highest BCUT2D eigenvalue weighted by atomic mass is 79.9. The standard InChI is InChI=1S/C10H20BrN/c1-3-5-9(2)12-7-4-6-10(12)8-11/h9-10H,3-8H2,1-2H3. The molecule has 2 heteroatoms. The molecule has 1 rings (SSSR count). The molecule has 0 saturated carbocycles. The van der Waals surface area contributed by atoms with Gasteiger partial charge in [0.25, 0.3) is 0 Å². The molecule has 1 fully saturated rings. The molecule has 1 nitrogen and oxygen atoms in total. The quantitative estimate of drug-likeness (QED) is 0.676. The van der Waals surface area contributed by atoms with E-state index in [1.54, 1.807) is 0 Å². The third kappa shape index (κ3) is 2.46. The number of nitrogens with zero attached hydrogens (tertiary/aromatic N) is 1. The lowest BCUT2D eigenvalue weighted by Gasteiger charge is -2.29. The molecule has 0 aromatic carbocycles. The van der Waals surface area contributed by atoms with E-state index in [-0.39, 0.29) is 0 Å². The fourth-order valence-corrected chi connectivity index (χ4v) is 2.88. The van der Waals surface area contributed by atoms with Gasteiger partial charge in [-0.15, -0.1) is 0 Å². The molecule has 0 aromatic rings. The summed E-state index contributed by atoms with van der Waals surface area (Å²) in [7, 11) is 0. The first kappa shape index (κ1) is 10.5. The summed E-state index contributed by atoms with van der Waals surface area (Å²) in [5.74, 6) is 0. The van der Waals surface area contributed by atoms with Crippen LogP contribution in [0.15, 0.2) is 0 Å². The van der Waals surface area contributed by atoms with Crippen LogP contribution >= 0.6 is 15.9 Å². The Morgan fingerprint density at radius 2 is 2.33 bits per heavy atom. The molecule has 12 heavy (non-hydrogen) atoms. The molecule has 72 valence electrons. The normalized spacial score (nSPS) is 27.8. The van der Waals surface area contributed by atoms with Crippen LogP contribution in [-0.4, -0.2) is 28.9 Å². The summed E-state index contributed by atoms with van der Waals surface area (Å²) in [6.45, 7) is 5.96. The highest BCUT2D eigenvalue weighted by Crippen LogP contribution is 2.23. The van der Waals surface area contributed by atoms with E-state index in [2.05, 4.69) is 34.7 Å². The van der Waals surface area contributed by atoms with Crippen molar-refractivity contribution in [2.24, 2.45) is 0 Å². The van der Waals surface area contributed by atoms with E-state index >= 15 is 0 Å². The SMILES string of the molecule is CCCC(C)N1CCCC1CBr. The van der Waals surface area contributed by atoms with Gasteiger partial charge in [0.15, 0.2) is 0 Å². The Balaban J connectivity index is 2.38. The Labute approximate surface area is 84.6 Å². The molecule has 0 aromatic heterocycles. The van der Waals surface area contributed by atoms with Gasteiger partial charge in [-0.1, -0.05) is 29.3 Å². The zero-order valence-corrected chi connectivity index (χ0v) is 9.81. The third-order valence-electron chi connectivity index (χ3n) is 2.87. The highest BCUT2D eigenvalue weighted by Gasteiger charge is 2.26. The van der Waals surface area contributed by atoms with Crippen molar-refractivity contribution in [1.29, 1.82) is 0 Å². The summed E-state index contributed by atoms with van der Waals surface area (Å²) in [5, 5.41) is 1.15. The molecule has 2 unspecified atom stereocenters. The Morgan fingerprint density at radius 3 is 2.92 bits per heavy atom. The molecule has 0 spiro atoms. The monoisotopic (exact) mass is 233 g/mol. The fraction of sp³-hybridized carbons (Fsp3) is 1.00. The first-order chi connectivity index (χ1) is 5.79. The zero-order valence-electron chi connectivity index (χ0n) is 8.22. The number of halogens is 1. The second-order valence-electron chi connectivity index (χ2n) is 3.83. The predicted molar refractivity (Wildman–Crippen MR) is 57.9 cm³/mol. The maximum Gasteiger partial charge on any atom is 0.0196 e.